The summed E-state index contributed by atoms with van der Waals surface area (Å²) in [6, 6.07) is 0. The maximum atomic E-state index is 10.0. The molecule has 1 fully saturated rings. The second-order valence-corrected chi connectivity index (χ2v) is 1.83. The summed E-state index contributed by atoms with van der Waals surface area (Å²) < 4.78 is 0. The number of piperazine rings is 1. The fraction of sp³-hybridized carbons (Fsp3) is 0.750. The van der Waals surface area contributed by atoms with Crippen LogP contribution in [0.4, 0.5) is 0 Å². The van der Waals surface area contributed by atoms with Crippen LogP contribution < -0.4 is 10.6 Å². The predicted molar refractivity (Wildman–Crippen MR) is 31.1 cm³/mol. The number of hydrogen-bond donors (Lipinski definition) is 2. The van der Waals surface area contributed by atoms with Gasteiger partial charge in [-0.25, -0.2) is 5.32 Å². The van der Waals surface area contributed by atoms with Crippen LogP contribution in [-0.4, -0.2) is 24.2 Å². The third-order valence-electron chi connectivity index (χ3n) is 1.15. The number of nitrogens with zero attached hydrogens (tertiary/aromatic N) is 1. The van der Waals surface area contributed by atoms with Crippen molar-refractivity contribution in [2.75, 3.05) is 13.1 Å². The lowest BCUT2D eigenvalue weighted by Gasteiger charge is -2.16. The van der Waals surface area contributed by atoms with Crippen LogP contribution in [-0.2, 0) is 0 Å². The van der Waals surface area contributed by atoms with Crippen molar-refractivity contribution in [1.82, 2.24) is 10.6 Å². The third kappa shape index (κ3) is 1.62. The summed E-state index contributed by atoms with van der Waals surface area (Å²) in [6.45, 7) is 2.75. The fourth-order valence-corrected chi connectivity index (χ4v) is 0.682. The standard InChI is InChI=1S/C4H8N3O2/c8-7(9)4-3-5-1-2-6-4/h2,4-6H,1,3H2. The largest absolute Gasteiger partial charge is 0.308 e. The Hall–Kier alpha value is -0.680. The highest BCUT2D eigenvalue weighted by molar-refractivity contribution is 4.75. The highest BCUT2D eigenvalue weighted by atomic mass is 16.6. The van der Waals surface area contributed by atoms with E-state index in [-0.39, 0.29) is 4.92 Å². The summed E-state index contributed by atoms with van der Waals surface area (Å²) in [5.74, 6) is 0. The van der Waals surface area contributed by atoms with Crippen molar-refractivity contribution in [2.24, 2.45) is 0 Å². The van der Waals surface area contributed by atoms with Gasteiger partial charge in [-0.2, -0.15) is 0 Å². The van der Waals surface area contributed by atoms with Gasteiger partial charge < -0.3 is 5.32 Å². The number of nitrogens with one attached hydrogen (secondary N) is 2. The highest BCUT2D eigenvalue weighted by Gasteiger charge is 2.20. The van der Waals surface area contributed by atoms with Gasteiger partial charge in [0.15, 0.2) is 0 Å². The monoisotopic (exact) mass is 130 g/mol. The molecule has 1 aliphatic heterocycles. The normalized spacial score (nSPS) is 27.8. The van der Waals surface area contributed by atoms with E-state index >= 15 is 0 Å². The van der Waals surface area contributed by atoms with Gasteiger partial charge in [-0.05, 0) is 0 Å². The summed E-state index contributed by atoms with van der Waals surface area (Å²) >= 11 is 0. The first kappa shape index (κ1) is 6.44. The first-order valence-electron chi connectivity index (χ1n) is 2.72. The molecular formula is C4H8N3O2. The second-order valence-electron chi connectivity index (χ2n) is 1.83. The van der Waals surface area contributed by atoms with E-state index in [1.54, 1.807) is 6.54 Å². The number of hydrogen-bond acceptors (Lipinski definition) is 4. The quantitative estimate of drug-likeness (QED) is 0.351. The molecule has 0 spiro atoms. The summed E-state index contributed by atoms with van der Waals surface area (Å²) in [6.07, 6.45) is -0.640. The molecule has 2 N–H and O–H groups in total. The Morgan fingerprint density at radius 3 is 2.89 bits per heavy atom. The van der Waals surface area contributed by atoms with Gasteiger partial charge in [0.2, 0.25) is 0 Å². The Labute approximate surface area is 52.6 Å². The Bertz CT molecular complexity index is 110. The average molecular weight is 130 g/mol. The lowest BCUT2D eigenvalue weighted by atomic mass is 10.4. The molecule has 0 aromatic heterocycles. The van der Waals surface area contributed by atoms with Crippen LogP contribution in [0.3, 0.4) is 0 Å². The SMILES string of the molecule is O=[N+]([O-])C1CNC[CH]N1. The Kier molecular flexibility index (Phi) is 1.96. The molecule has 0 aromatic carbocycles. The van der Waals surface area contributed by atoms with E-state index in [0.717, 1.165) is 0 Å². The molecule has 0 aromatic rings. The smallest absolute Gasteiger partial charge is 0.278 e. The average Bonchev–Trinajstić information content (AvgIpc) is 1.90. The minimum absolute atomic E-state index is 0.345. The molecule has 1 rings (SSSR count). The van der Waals surface area contributed by atoms with E-state index < -0.39 is 6.17 Å². The molecule has 1 unspecified atom stereocenters. The van der Waals surface area contributed by atoms with Gasteiger partial charge in [0.25, 0.3) is 6.17 Å². The van der Waals surface area contributed by atoms with Gasteiger partial charge in [-0.3, -0.25) is 10.1 Å². The zero-order valence-electron chi connectivity index (χ0n) is 4.83. The molecule has 9 heavy (non-hydrogen) atoms. The number of rotatable bonds is 1. The fourth-order valence-electron chi connectivity index (χ4n) is 0.682. The predicted octanol–water partition coefficient (Wildman–Crippen LogP) is -1.06. The summed E-state index contributed by atoms with van der Waals surface area (Å²) in [7, 11) is 0. The van der Waals surface area contributed by atoms with Crippen molar-refractivity contribution in [1.29, 1.82) is 0 Å². The molecule has 1 atom stereocenters. The van der Waals surface area contributed by atoms with E-state index in [9.17, 15) is 10.1 Å². The summed E-state index contributed by atoms with van der Waals surface area (Å²) in [5, 5.41) is 15.5. The van der Waals surface area contributed by atoms with Gasteiger partial charge in [-0.1, -0.05) is 0 Å². The van der Waals surface area contributed by atoms with Gasteiger partial charge in [0, 0.05) is 18.0 Å². The first-order chi connectivity index (χ1) is 4.30. The van der Waals surface area contributed by atoms with Crippen molar-refractivity contribution >= 4 is 0 Å². The summed E-state index contributed by atoms with van der Waals surface area (Å²) in [5.41, 5.74) is 0. The zero-order chi connectivity index (χ0) is 6.69. The van der Waals surface area contributed by atoms with Crippen LogP contribution in [0.25, 0.3) is 0 Å². The summed E-state index contributed by atoms with van der Waals surface area (Å²) in [4.78, 5) is 9.69. The molecule has 1 aliphatic rings. The van der Waals surface area contributed by atoms with Gasteiger partial charge in [0.05, 0.1) is 6.54 Å². The lowest BCUT2D eigenvalue weighted by molar-refractivity contribution is -0.527. The topological polar surface area (TPSA) is 67.2 Å². The Morgan fingerprint density at radius 2 is 2.56 bits per heavy atom. The van der Waals surface area contributed by atoms with E-state index in [0.29, 0.717) is 13.1 Å². The van der Waals surface area contributed by atoms with Crippen molar-refractivity contribution in [2.45, 2.75) is 6.17 Å². The lowest BCUT2D eigenvalue weighted by Crippen LogP contribution is -2.49. The maximum Gasteiger partial charge on any atom is 0.278 e. The molecule has 51 valence electrons. The van der Waals surface area contributed by atoms with Crippen molar-refractivity contribution in [3.63, 3.8) is 0 Å². The van der Waals surface area contributed by atoms with Gasteiger partial charge in [-0.15, -0.1) is 0 Å². The highest BCUT2D eigenvalue weighted by Crippen LogP contribution is 1.88. The van der Waals surface area contributed by atoms with Gasteiger partial charge in [0.1, 0.15) is 0 Å². The second kappa shape index (κ2) is 2.75. The molecule has 5 heteroatoms. The van der Waals surface area contributed by atoms with Crippen molar-refractivity contribution < 1.29 is 4.92 Å². The molecule has 0 aliphatic carbocycles. The van der Waals surface area contributed by atoms with E-state index in [1.165, 1.54) is 0 Å². The van der Waals surface area contributed by atoms with E-state index in [2.05, 4.69) is 10.6 Å². The molecule has 0 bridgehead atoms. The molecular weight excluding hydrogens is 122 g/mol. The van der Waals surface area contributed by atoms with Crippen LogP contribution in [0.1, 0.15) is 0 Å². The minimum atomic E-state index is -0.640. The Morgan fingerprint density at radius 1 is 1.78 bits per heavy atom. The molecule has 0 amide bonds. The van der Waals surface area contributed by atoms with Crippen molar-refractivity contribution in [3.05, 3.63) is 16.7 Å². The molecule has 1 radical (unpaired) electrons. The maximum absolute atomic E-state index is 10.0. The van der Waals surface area contributed by atoms with Crippen LogP contribution >= 0.6 is 0 Å². The van der Waals surface area contributed by atoms with Gasteiger partial charge >= 0.3 is 0 Å². The van der Waals surface area contributed by atoms with E-state index in [1.807, 2.05) is 0 Å². The Balaban J connectivity index is 2.31. The molecule has 1 heterocycles. The minimum Gasteiger partial charge on any atom is -0.308 e. The van der Waals surface area contributed by atoms with Crippen LogP contribution in [0.15, 0.2) is 0 Å². The van der Waals surface area contributed by atoms with Crippen molar-refractivity contribution in [3.8, 4) is 0 Å². The first-order valence-corrected chi connectivity index (χ1v) is 2.72. The van der Waals surface area contributed by atoms with Crippen LogP contribution in [0, 0.1) is 16.7 Å². The van der Waals surface area contributed by atoms with Crippen LogP contribution in [0.5, 0.6) is 0 Å². The zero-order valence-corrected chi connectivity index (χ0v) is 4.83. The molecule has 5 nitrogen and oxygen atoms in total. The molecule has 0 saturated carbocycles. The van der Waals surface area contributed by atoms with Crippen LogP contribution in [0.2, 0.25) is 0 Å². The number of nitro groups is 1. The third-order valence-corrected chi connectivity index (χ3v) is 1.15. The molecule has 1 saturated heterocycles. The van der Waals surface area contributed by atoms with E-state index in [4.69, 9.17) is 0 Å².